The monoisotopic (exact) mass is 441 g/mol. The molecule has 1 amide bonds. The van der Waals surface area contributed by atoms with Crippen molar-refractivity contribution in [2.45, 2.75) is 18.8 Å². The van der Waals surface area contributed by atoms with E-state index in [1.54, 1.807) is 56.0 Å². The number of amides is 1. The Kier molecular flexibility index (Phi) is 5.28. The van der Waals surface area contributed by atoms with E-state index in [1.165, 1.54) is 23.3 Å². The second-order valence-electron chi connectivity index (χ2n) is 7.78. The first-order valence-electron chi connectivity index (χ1n) is 9.77. The van der Waals surface area contributed by atoms with Gasteiger partial charge < -0.3 is 4.57 Å². The SMILES string of the molecule is CN(C)S(=O)(=O)NC(=O)c1ccccc1-n1cc(-c2cn(C)c(=O)cc2C2CC2)cn1. The molecule has 0 aliphatic heterocycles. The van der Waals surface area contributed by atoms with Crippen molar-refractivity contribution in [3.8, 4) is 16.8 Å². The third-order valence-electron chi connectivity index (χ3n) is 5.27. The van der Waals surface area contributed by atoms with E-state index in [4.69, 9.17) is 0 Å². The molecular weight excluding hydrogens is 418 g/mol. The van der Waals surface area contributed by atoms with Gasteiger partial charge in [-0.15, -0.1) is 0 Å². The molecule has 0 radical (unpaired) electrons. The van der Waals surface area contributed by atoms with Crippen LogP contribution in [0.25, 0.3) is 16.8 Å². The van der Waals surface area contributed by atoms with Gasteiger partial charge in [-0.3, -0.25) is 9.59 Å². The quantitative estimate of drug-likeness (QED) is 0.626. The molecule has 0 unspecified atom stereocenters. The Hall–Kier alpha value is -3.24. The molecule has 3 aromatic rings. The van der Waals surface area contributed by atoms with Gasteiger partial charge in [-0.2, -0.15) is 17.8 Å². The highest BCUT2D eigenvalue weighted by atomic mass is 32.2. The summed E-state index contributed by atoms with van der Waals surface area (Å²) in [4.78, 5) is 24.8. The number of aryl methyl sites for hydroxylation is 1. The van der Waals surface area contributed by atoms with Crippen LogP contribution in [0.2, 0.25) is 0 Å². The molecule has 1 saturated carbocycles. The molecular formula is C21H23N5O4S. The van der Waals surface area contributed by atoms with Gasteiger partial charge in [0, 0.05) is 50.7 Å². The minimum Gasteiger partial charge on any atom is -0.318 e. The van der Waals surface area contributed by atoms with Gasteiger partial charge in [0.15, 0.2) is 0 Å². The maximum atomic E-state index is 12.7. The van der Waals surface area contributed by atoms with E-state index in [0.29, 0.717) is 11.6 Å². The van der Waals surface area contributed by atoms with Crippen LogP contribution in [0.1, 0.15) is 34.7 Å². The van der Waals surface area contributed by atoms with Gasteiger partial charge >= 0.3 is 10.2 Å². The van der Waals surface area contributed by atoms with E-state index >= 15 is 0 Å². The van der Waals surface area contributed by atoms with E-state index in [-0.39, 0.29) is 11.1 Å². The first-order chi connectivity index (χ1) is 14.7. The first kappa shape index (κ1) is 21.0. The summed E-state index contributed by atoms with van der Waals surface area (Å²) >= 11 is 0. The molecule has 1 aliphatic carbocycles. The lowest BCUT2D eigenvalue weighted by Gasteiger charge is -2.14. The number of pyridine rings is 1. The molecule has 2 heterocycles. The molecule has 2 aromatic heterocycles. The second-order valence-corrected chi connectivity index (χ2v) is 9.66. The number of benzene rings is 1. The molecule has 1 aliphatic rings. The fraction of sp³-hybridized carbons (Fsp3) is 0.286. The van der Waals surface area contributed by atoms with Crippen LogP contribution < -0.4 is 10.3 Å². The molecule has 0 bridgehead atoms. The summed E-state index contributed by atoms with van der Waals surface area (Å²) in [6.45, 7) is 0. The predicted octanol–water partition coefficient (Wildman–Crippen LogP) is 1.65. The van der Waals surface area contributed by atoms with Crippen LogP contribution in [0.15, 0.2) is 53.7 Å². The molecule has 1 N–H and O–H groups in total. The smallest absolute Gasteiger partial charge is 0.303 e. The van der Waals surface area contributed by atoms with E-state index in [1.807, 2.05) is 4.72 Å². The summed E-state index contributed by atoms with van der Waals surface area (Å²) in [5.41, 5.74) is 3.30. The lowest BCUT2D eigenvalue weighted by atomic mass is 10.0. The van der Waals surface area contributed by atoms with Gasteiger partial charge in [0.05, 0.1) is 17.4 Å². The van der Waals surface area contributed by atoms with Gasteiger partial charge in [-0.25, -0.2) is 9.40 Å². The van der Waals surface area contributed by atoms with E-state index in [9.17, 15) is 18.0 Å². The lowest BCUT2D eigenvalue weighted by molar-refractivity contribution is 0.0979. The van der Waals surface area contributed by atoms with E-state index < -0.39 is 16.1 Å². The molecule has 0 atom stereocenters. The number of carbonyl (C=O) groups excluding carboxylic acids is 1. The van der Waals surface area contributed by atoms with Crippen molar-refractivity contribution in [2.75, 3.05) is 14.1 Å². The van der Waals surface area contributed by atoms with Crippen molar-refractivity contribution in [1.82, 2.24) is 23.4 Å². The van der Waals surface area contributed by atoms with Crippen molar-refractivity contribution in [1.29, 1.82) is 0 Å². The molecule has 162 valence electrons. The maximum absolute atomic E-state index is 12.7. The van der Waals surface area contributed by atoms with E-state index in [0.717, 1.165) is 33.8 Å². The fourth-order valence-electron chi connectivity index (χ4n) is 3.34. The standard InChI is InChI=1S/C21H23N5O4S/c1-24(2)31(29,30)23-21(28)16-6-4-5-7-19(16)26-12-15(11-22-26)18-13-25(3)20(27)10-17(18)14-8-9-14/h4-7,10-14H,8-9H2,1-3H3,(H,23,28). The number of hydrogen-bond donors (Lipinski definition) is 1. The van der Waals surface area contributed by atoms with E-state index in [2.05, 4.69) is 5.10 Å². The van der Waals surface area contributed by atoms with Crippen LogP contribution in [-0.4, -0.2) is 47.1 Å². The number of nitrogens with zero attached hydrogens (tertiary/aromatic N) is 4. The number of carbonyl (C=O) groups is 1. The summed E-state index contributed by atoms with van der Waals surface area (Å²) in [6.07, 6.45) is 7.37. The Morgan fingerprint density at radius 1 is 1.19 bits per heavy atom. The molecule has 1 aromatic carbocycles. The van der Waals surface area contributed by atoms with Crippen molar-refractivity contribution in [2.24, 2.45) is 7.05 Å². The van der Waals surface area contributed by atoms with Gasteiger partial charge in [-0.1, -0.05) is 12.1 Å². The number of para-hydroxylation sites is 1. The zero-order valence-electron chi connectivity index (χ0n) is 17.4. The summed E-state index contributed by atoms with van der Waals surface area (Å²) < 4.78 is 30.2. The normalized spacial score (nSPS) is 14.1. The third-order valence-corrected chi connectivity index (χ3v) is 6.67. The Labute approximate surface area is 180 Å². The number of hydrogen-bond acceptors (Lipinski definition) is 5. The zero-order chi connectivity index (χ0) is 22.3. The third kappa shape index (κ3) is 4.17. The van der Waals surface area contributed by atoms with Crippen molar-refractivity contribution in [3.05, 3.63) is 70.4 Å². The maximum Gasteiger partial charge on any atom is 0.303 e. The van der Waals surface area contributed by atoms with Gasteiger partial charge in [0.2, 0.25) is 0 Å². The topological polar surface area (TPSA) is 106 Å². The Balaban J connectivity index is 1.73. The molecule has 0 saturated heterocycles. The highest BCUT2D eigenvalue weighted by Gasteiger charge is 2.28. The van der Waals surface area contributed by atoms with Gasteiger partial charge in [0.25, 0.3) is 11.5 Å². The Morgan fingerprint density at radius 2 is 1.90 bits per heavy atom. The highest BCUT2D eigenvalue weighted by molar-refractivity contribution is 7.87. The highest BCUT2D eigenvalue weighted by Crippen LogP contribution is 2.43. The van der Waals surface area contributed by atoms with Crippen LogP contribution in [0, 0.1) is 0 Å². The van der Waals surface area contributed by atoms with Crippen LogP contribution in [0.5, 0.6) is 0 Å². The molecule has 0 spiro atoms. The van der Waals surface area contributed by atoms with Crippen molar-refractivity contribution >= 4 is 16.1 Å². The summed E-state index contributed by atoms with van der Waals surface area (Å²) in [5.74, 6) is -0.372. The van der Waals surface area contributed by atoms with Crippen LogP contribution in [-0.2, 0) is 17.3 Å². The van der Waals surface area contributed by atoms with Gasteiger partial charge in [0.1, 0.15) is 0 Å². The molecule has 31 heavy (non-hydrogen) atoms. The second kappa shape index (κ2) is 7.78. The van der Waals surface area contributed by atoms with Crippen molar-refractivity contribution in [3.63, 3.8) is 0 Å². The minimum absolute atomic E-state index is 0.0536. The lowest BCUT2D eigenvalue weighted by Crippen LogP contribution is -2.39. The first-order valence-corrected chi connectivity index (χ1v) is 11.2. The van der Waals surface area contributed by atoms with Crippen LogP contribution >= 0.6 is 0 Å². The largest absolute Gasteiger partial charge is 0.318 e. The number of nitrogens with one attached hydrogen (secondary N) is 1. The van der Waals surface area contributed by atoms with Crippen molar-refractivity contribution < 1.29 is 13.2 Å². The Morgan fingerprint density at radius 3 is 2.58 bits per heavy atom. The Bertz CT molecular complexity index is 1320. The molecule has 10 heteroatoms. The van der Waals surface area contributed by atoms with Crippen LogP contribution in [0.3, 0.4) is 0 Å². The zero-order valence-corrected chi connectivity index (χ0v) is 18.3. The number of aromatic nitrogens is 3. The van der Waals surface area contributed by atoms with Crippen LogP contribution in [0.4, 0.5) is 0 Å². The summed E-state index contributed by atoms with van der Waals surface area (Å²) in [7, 11) is 0.457. The number of rotatable bonds is 6. The van der Waals surface area contributed by atoms with Gasteiger partial charge in [-0.05, 0) is 36.5 Å². The average molecular weight is 442 g/mol. The summed E-state index contributed by atoms with van der Waals surface area (Å²) in [5, 5.41) is 4.40. The average Bonchev–Trinajstić information content (AvgIpc) is 3.45. The molecule has 4 rings (SSSR count). The molecule has 9 nitrogen and oxygen atoms in total. The minimum atomic E-state index is -3.93. The predicted molar refractivity (Wildman–Crippen MR) is 116 cm³/mol. The fourth-order valence-corrected chi connectivity index (χ4v) is 3.87. The molecule has 1 fully saturated rings. The summed E-state index contributed by atoms with van der Waals surface area (Å²) in [6, 6.07) is 8.31.